The zero-order valence-electron chi connectivity index (χ0n) is 7.97. The molecule has 92 valence electrons. The van der Waals surface area contributed by atoms with E-state index in [0.29, 0.717) is 10.1 Å². The van der Waals surface area contributed by atoms with Crippen molar-refractivity contribution in [2.45, 2.75) is 4.90 Å². The van der Waals surface area contributed by atoms with Crippen LogP contribution in [0.3, 0.4) is 0 Å². The fourth-order valence-corrected chi connectivity index (χ4v) is 1.58. The molecule has 0 saturated heterocycles. The summed E-state index contributed by atoms with van der Waals surface area (Å²) < 4.78 is 30.4. The van der Waals surface area contributed by atoms with Gasteiger partial charge >= 0.3 is 29.6 Å². The van der Waals surface area contributed by atoms with E-state index in [1.165, 1.54) is 24.3 Å². The van der Waals surface area contributed by atoms with Gasteiger partial charge in [-0.2, -0.15) is 8.42 Å². The first kappa shape index (κ1) is 19.6. The SMILES string of the molecule is O.O=C(CI)Nc1ccc(S(=O)(=O)O)cc1.[NaH]. The second-order valence-corrected chi connectivity index (χ2v) is 4.87. The van der Waals surface area contributed by atoms with Gasteiger partial charge in [-0.15, -0.1) is 0 Å². The zero-order chi connectivity index (χ0) is 11.5. The zero-order valence-corrected chi connectivity index (χ0v) is 10.9. The van der Waals surface area contributed by atoms with Crippen LogP contribution in [0, 0.1) is 0 Å². The van der Waals surface area contributed by atoms with Gasteiger partial charge in [0.05, 0.1) is 9.32 Å². The second-order valence-electron chi connectivity index (χ2n) is 2.68. The Morgan fingerprint density at radius 3 is 2.12 bits per heavy atom. The Bertz CT molecular complexity index is 461. The van der Waals surface area contributed by atoms with Crippen molar-refractivity contribution >= 4 is 73.9 Å². The molecule has 6 nitrogen and oxygen atoms in total. The fourth-order valence-electron chi connectivity index (χ4n) is 0.905. The van der Waals surface area contributed by atoms with Crippen molar-refractivity contribution < 1.29 is 23.2 Å². The van der Waals surface area contributed by atoms with E-state index >= 15 is 0 Å². The Morgan fingerprint density at radius 2 is 1.76 bits per heavy atom. The molecule has 9 heteroatoms. The van der Waals surface area contributed by atoms with Crippen LogP contribution in [0.2, 0.25) is 0 Å². The van der Waals surface area contributed by atoms with E-state index in [9.17, 15) is 13.2 Å². The predicted octanol–water partition coefficient (Wildman–Crippen LogP) is -0.166. The number of hydrogen-bond donors (Lipinski definition) is 2. The summed E-state index contributed by atoms with van der Waals surface area (Å²) in [5, 5.41) is 2.55. The van der Waals surface area contributed by atoms with Gasteiger partial charge in [0.25, 0.3) is 10.1 Å². The molecule has 0 heterocycles. The number of rotatable bonds is 3. The van der Waals surface area contributed by atoms with Crippen molar-refractivity contribution in [1.29, 1.82) is 0 Å². The number of halogens is 1. The van der Waals surface area contributed by atoms with Gasteiger partial charge in [-0.05, 0) is 24.3 Å². The maximum absolute atomic E-state index is 11.0. The third kappa shape index (κ3) is 6.70. The molecule has 0 bridgehead atoms. The summed E-state index contributed by atoms with van der Waals surface area (Å²) in [6.45, 7) is 0. The van der Waals surface area contributed by atoms with Gasteiger partial charge in [-0.3, -0.25) is 9.35 Å². The molecule has 0 spiro atoms. The molecule has 0 aliphatic carbocycles. The van der Waals surface area contributed by atoms with Crippen molar-refractivity contribution in [3.05, 3.63) is 24.3 Å². The molecule has 0 aliphatic heterocycles. The molecule has 0 aliphatic rings. The average molecular weight is 383 g/mol. The number of alkyl halides is 1. The predicted molar refractivity (Wildman–Crippen MR) is 74.5 cm³/mol. The summed E-state index contributed by atoms with van der Waals surface area (Å²) >= 11 is 1.91. The number of carbonyl (C=O) groups is 1. The minimum absolute atomic E-state index is 0. The molecule has 0 aromatic heterocycles. The number of anilines is 1. The quantitative estimate of drug-likeness (QED) is 0.327. The first-order valence-electron chi connectivity index (χ1n) is 3.87. The summed E-state index contributed by atoms with van der Waals surface area (Å²) in [7, 11) is -4.17. The number of carbonyl (C=O) groups excluding carboxylic acids is 1. The van der Waals surface area contributed by atoms with Gasteiger partial charge in [-0.1, -0.05) is 22.6 Å². The number of nitrogens with one attached hydrogen (secondary N) is 1. The average Bonchev–Trinajstić information content (AvgIpc) is 2.17. The van der Waals surface area contributed by atoms with Crippen molar-refractivity contribution in [3.8, 4) is 0 Å². The molecule has 1 rings (SSSR count). The monoisotopic (exact) mass is 383 g/mol. The van der Waals surface area contributed by atoms with E-state index in [4.69, 9.17) is 4.55 Å². The van der Waals surface area contributed by atoms with Crippen molar-refractivity contribution in [2.75, 3.05) is 9.74 Å². The van der Waals surface area contributed by atoms with Gasteiger partial charge in [0.2, 0.25) is 5.91 Å². The summed E-state index contributed by atoms with van der Waals surface area (Å²) in [5.74, 6) is -0.171. The normalized spacial score (nSPS) is 9.76. The first-order valence-corrected chi connectivity index (χ1v) is 6.83. The van der Waals surface area contributed by atoms with Crippen LogP contribution in [0.15, 0.2) is 29.2 Å². The van der Waals surface area contributed by atoms with Crippen LogP contribution >= 0.6 is 22.6 Å². The van der Waals surface area contributed by atoms with Crippen LogP contribution in [0.25, 0.3) is 0 Å². The van der Waals surface area contributed by atoms with Crippen LogP contribution in [0.1, 0.15) is 0 Å². The molecule has 1 aromatic rings. The first-order chi connectivity index (χ1) is 6.93. The van der Waals surface area contributed by atoms with E-state index in [0.717, 1.165) is 0 Å². The number of amides is 1. The molecule has 0 atom stereocenters. The third-order valence-corrected chi connectivity index (χ3v) is 3.12. The van der Waals surface area contributed by atoms with Crippen LogP contribution in [0.5, 0.6) is 0 Å². The van der Waals surface area contributed by atoms with Gasteiger partial charge in [0.1, 0.15) is 0 Å². The van der Waals surface area contributed by atoms with Crippen LogP contribution in [-0.4, -0.2) is 58.3 Å². The molecule has 17 heavy (non-hydrogen) atoms. The molecule has 4 N–H and O–H groups in total. The van der Waals surface area contributed by atoms with Gasteiger partial charge in [0, 0.05) is 5.69 Å². The summed E-state index contributed by atoms with van der Waals surface area (Å²) in [4.78, 5) is 10.8. The Labute approximate surface area is 135 Å². The van der Waals surface area contributed by atoms with E-state index in [-0.39, 0.29) is 45.8 Å². The molecule has 1 aromatic carbocycles. The van der Waals surface area contributed by atoms with Crippen LogP contribution in [0.4, 0.5) is 5.69 Å². The van der Waals surface area contributed by atoms with E-state index in [1.54, 1.807) is 0 Å². The van der Waals surface area contributed by atoms with Gasteiger partial charge in [-0.25, -0.2) is 0 Å². The van der Waals surface area contributed by atoms with Crippen molar-refractivity contribution in [2.24, 2.45) is 0 Å². The van der Waals surface area contributed by atoms with Crippen LogP contribution < -0.4 is 5.32 Å². The molecule has 0 unspecified atom stereocenters. The molecule has 1 amide bonds. The van der Waals surface area contributed by atoms with Gasteiger partial charge in [0.15, 0.2) is 0 Å². The maximum atomic E-state index is 11.0. The second kappa shape index (κ2) is 8.40. The Kier molecular flexibility index (Phi) is 9.70. The molecule has 0 radical (unpaired) electrons. The molecule has 0 fully saturated rings. The van der Waals surface area contributed by atoms with Crippen LogP contribution in [-0.2, 0) is 14.9 Å². The van der Waals surface area contributed by atoms with Crippen molar-refractivity contribution in [3.63, 3.8) is 0 Å². The Hall–Kier alpha value is 0.290. The van der Waals surface area contributed by atoms with E-state index in [2.05, 4.69) is 5.32 Å². The van der Waals surface area contributed by atoms with Crippen molar-refractivity contribution in [1.82, 2.24) is 0 Å². The number of benzene rings is 1. The molecular formula is C8H11INNaO5S. The molecular weight excluding hydrogens is 372 g/mol. The summed E-state index contributed by atoms with van der Waals surface area (Å²) in [5.41, 5.74) is 0.490. The standard InChI is InChI=1S/C8H8INO4S.Na.H2O.H/c9-5-8(11)10-6-1-3-7(4-2-6)15(12,13)14;;;/h1-4H,5H2,(H,10,11)(H,12,13,14);;1H2;. The van der Waals surface area contributed by atoms with E-state index < -0.39 is 10.1 Å². The van der Waals surface area contributed by atoms with E-state index in [1.807, 2.05) is 22.6 Å². The summed E-state index contributed by atoms with van der Waals surface area (Å²) in [6.07, 6.45) is 0. The van der Waals surface area contributed by atoms with Gasteiger partial charge < -0.3 is 10.8 Å². The third-order valence-electron chi connectivity index (χ3n) is 1.56. The Balaban J connectivity index is 0. The Morgan fingerprint density at radius 1 is 1.29 bits per heavy atom. The topological polar surface area (TPSA) is 115 Å². The number of hydrogen-bond acceptors (Lipinski definition) is 3. The summed E-state index contributed by atoms with van der Waals surface area (Å²) in [6, 6.07) is 5.26. The molecule has 0 saturated carbocycles. The fraction of sp³-hybridized carbons (Fsp3) is 0.125. The minimum atomic E-state index is -4.17.